The van der Waals surface area contributed by atoms with Crippen molar-refractivity contribution >= 4 is 23.5 Å². The molecule has 0 bridgehead atoms. The maximum atomic E-state index is 11.5. The largest absolute Gasteiger partial charge is 0.468 e. The Balaban J connectivity index is 2.62. The summed E-state index contributed by atoms with van der Waals surface area (Å²) in [4.78, 5) is 22.2. The Kier molecular flexibility index (Phi) is 4.12. The number of ether oxygens (including phenoxy) is 1. The van der Waals surface area contributed by atoms with E-state index in [9.17, 15) is 9.59 Å². The van der Waals surface area contributed by atoms with E-state index in [0.29, 0.717) is 10.6 Å². The zero-order valence-corrected chi connectivity index (χ0v) is 8.88. The van der Waals surface area contributed by atoms with E-state index in [-0.39, 0.29) is 6.54 Å². The first-order valence-corrected chi connectivity index (χ1v) is 4.62. The van der Waals surface area contributed by atoms with Gasteiger partial charge in [0.25, 0.3) is 5.91 Å². The van der Waals surface area contributed by atoms with Gasteiger partial charge in [0.1, 0.15) is 6.54 Å². The summed E-state index contributed by atoms with van der Waals surface area (Å²) >= 11 is 5.79. The highest BCUT2D eigenvalue weighted by atomic mass is 35.5. The molecule has 0 spiro atoms. The van der Waals surface area contributed by atoms with Crippen LogP contribution in [0.25, 0.3) is 0 Å². The molecule has 0 aliphatic rings. The lowest BCUT2D eigenvalue weighted by Crippen LogP contribution is -2.30. The van der Waals surface area contributed by atoms with Crippen molar-refractivity contribution in [3.63, 3.8) is 0 Å². The molecule has 0 fully saturated rings. The van der Waals surface area contributed by atoms with E-state index in [4.69, 9.17) is 11.6 Å². The zero-order valence-electron chi connectivity index (χ0n) is 8.12. The number of hydrogen-bond acceptors (Lipinski definition) is 3. The molecule has 0 heterocycles. The minimum Gasteiger partial charge on any atom is -0.468 e. The van der Waals surface area contributed by atoms with Gasteiger partial charge >= 0.3 is 5.97 Å². The van der Waals surface area contributed by atoms with Gasteiger partial charge in [-0.1, -0.05) is 23.7 Å². The molecule has 5 heteroatoms. The third-order valence-corrected chi connectivity index (χ3v) is 2.07. The lowest BCUT2D eigenvalue weighted by Gasteiger charge is -2.04. The Morgan fingerprint density at radius 2 is 2.07 bits per heavy atom. The van der Waals surface area contributed by atoms with Crippen LogP contribution in [0, 0.1) is 0 Å². The van der Waals surface area contributed by atoms with E-state index < -0.39 is 11.9 Å². The molecular formula is C10H10ClNO3. The standard InChI is InChI=1S/C10H10ClNO3/c1-15-9(13)6-12-10(14)7-4-2-3-5-8(7)11/h2-5H,6H2,1H3,(H,12,14). The third kappa shape index (κ3) is 3.25. The van der Waals surface area contributed by atoms with Crippen molar-refractivity contribution in [2.45, 2.75) is 0 Å². The summed E-state index contributed by atoms with van der Waals surface area (Å²) in [5.74, 6) is -0.901. The molecule has 0 aliphatic carbocycles. The van der Waals surface area contributed by atoms with Crippen LogP contribution in [0.3, 0.4) is 0 Å². The molecule has 1 aromatic carbocycles. The second-order valence-electron chi connectivity index (χ2n) is 2.74. The van der Waals surface area contributed by atoms with Crippen LogP contribution in [0.4, 0.5) is 0 Å². The van der Waals surface area contributed by atoms with Gasteiger partial charge in [0, 0.05) is 0 Å². The van der Waals surface area contributed by atoms with Gasteiger partial charge in [0.15, 0.2) is 0 Å². The fraction of sp³-hybridized carbons (Fsp3) is 0.200. The summed E-state index contributed by atoms with van der Waals surface area (Å²) < 4.78 is 4.38. The van der Waals surface area contributed by atoms with Crippen molar-refractivity contribution in [2.75, 3.05) is 13.7 Å². The summed E-state index contributed by atoms with van der Waals surface area (Å²) in [6.45, 7) is -0.166. The summed E-state index contributed by atoms with van der Waals surface area (Å²) in [6.07, 6.45) is 0. The van der Waals surface area contributed by atoms with Crippen LogP contribution in [-0.4, -0.2) is 25.5 Å². The van der Waals surface area contributed by atoms with Crippen LogP contribution >= 0.6 is 11.6 Å². The smallest absolute Gasteiger partial charge is 0.325 e. The molecule has 0 unspecified atom stereocenters. The van der Waals surface area contributed by atoms with Crippen molar-refractivity contribution < 1.29 is 14.3 Å². The molecule has 1 amide bonds. The second kappa shape index (κ2) is 5.36. The average Bonchev–Trinajstić information content (AvgIpc) is 2.26. The zero-order chi connectivity index (χ0) is 11.3. The first-order chi connectivity index (χ1) is 7.15. The monoisotopic (exact) mass is 227 g/mol. The summed E-state index contributed by atoms with van der Waals surface area (Å²) in [7, 11) is 1.25. The number of methoxy groups -OCH3 is 1. The minimum atomic E-state index is -0.504. The summed E-state index contributed by atoms with van der Waals surface area (Å²) in [5.41, 5.74) is 0.336. The Morgan fingerprint density at radius 3 is 2.67 bits per heavy atom. The average molecular weight is 228 g/mol. The first kappa shape index (κ1) is 11.5. The van der Waals surface area contributed by atoms with E-state index in [2.05, 4.69) is 10.1 Å². The van der Waals surface area contributed by atoms with Gasteiger partial charge in [-0.2, -0.15) is 0 Å². The number of benzene rings is 1. The van der Waals surface area contributed by atoms with E-state index in [1.807, 2.05) is 0 Å². The van der Waals surface area contributed by atoms with Crippen LogP contribution in [-0.2, 0) is 9.53 Å². The van der Waals surface area contributed by atoms with Crippen LogP contribution in [0.15, 0.2) is 24.3 Å². The van der Waals surface area contributed by atoms with E-state index in [1.165, 1.54) is 7.11 Å². The van der Waals surface area contributed by atoms with Crippen LogP contribution in [0.2, 0.25) is 5.02 Å². The molecule has 80 valence electrons. The van der Waals surface area contributed by atoms with Gasteiger partial charge in [-0.15, -0.1) is 0 Å². The van der Waals surface area contributed by atoms with Gasteiger partial charge in [-0.25, -0.2) is 0 Å². The lowest BCUT2D eigenvalue weighted by molar-refractivity contribution is -0.139. The SMILES string of the molecule is COC(=O)CNC(=O)c1ccccc1Cl. The van der Waals surface area contributed by atoms with Gasteiger partial charge in [-0.3, -0.25) is 9.59 Å². The molecule has 0 saturated heterocycles. The van der Waals surface area contributed by atoms with Crippen molar-refractivity contribution in [3.8, 4) is 0 Å². The number of esters is 1. The highest BCUT2D eigenvalue weighted by Crippen LogP contribution is 2.14. The molecule has 0 aromatic heterocycles. The quantitative estimate of drug-likeness (QED) is 0.791. The van der Waals surface area contributed by atoms with E-state index in [0.717, 1.165) is 0 Å². The van der Waals surface area contributed by atoms with Crippen LogP contribution in [0.5, 0.6) is 0 Å². The van der Waals surface area contributed by atoms with Gasteiger partial charge in [-0.05, 0) is 12.1 Å². The van der Waals surface area contributed by atoms with Crippen LogP contribution < -0.4 is 5.32 Å². The maximum absolute atomic E-state index is 11.5. The number of carbonyl (C=O) groups excluding carboxylic acids is 2. The Hall–Kier alpha value is -1.55. The summed E-state index contributed by atoms with van der Waals surface area (Å²) in [6, 6.07) is 6.60. The minimum absolute atomic E-state index is 0.166. The van der Waals surface area contributed by atoms with Crippen molar-refractivity contribution in [2.24, 2.45) is 0 Å². The number of halogens is 1. The molecule has 0 aliphatic heterocycles. The molecular weight excluding hydrogens is 218 g/mol. The predicted octanol–water partition coefficient (Wildman–Crippen LogP) is 1.24. The highest BCUT2D eigenvalue weighted by molar-refractivity contribution is 6.33. The normalized spacial score (nSPS) is 9.47. The molecule has 0 radical (unpaired) electrons. The molecule has 0 saturated carbocycles. The number of rotatable bonds is 3. The first-order valence-electron chi connectivity index (χ1n) is 4.24. The van der Waals surface area contributed by atoms with Crippen molar-refractivity contribution in [3.05, 3.63) is 34.9 Å². The predicted molar refractivity (Wildman–Crippen MR) is 55.8 cm³/mol. The maximum Gasteiger partial charge on any atom is 0.325 e. The highest BCUT2D eigenvalue weighted by Gasteiger charge is 2.10. The Morgan fingerprint density at radius 1 is 1.40 bits per heavy atom. The summed E-state index contributed by atoms with van der Waals surface area (Å²) in [5, 5.41) is 2.74. The van der Waals surface area contributed by atoms with Gasteiger partial charge < -0.3 is 10.1 Å². The molecule has 4 nitrogen and oxygen atoms in total. The van der Waals surface area contributed by atoms with Crippen LogP contribution in [0.1, 0.15) is 10.4 Å². The topological polar surface area (TPSA) is 55.4 Å². The van der Waals surface area contributed by atoms with E-state index >= 15 is 0 Å². The van der Waals surface area contributed by atoms with Gasteiger partial charge in [0.2, 0.25) is 0 Å². The lowest BCUT2D eigenvalue weighted by atomic mass is 10.2. The molecule has 15 heavy (non-hydrogen) atoms. The molecule has 0 atom stereocenters. The Bertz CT molecular complexity index is 379. The second-order valence-corrected chi connectivity index (χ2v) is 3.15. The number of carbonyl (C=O) groups is 2. The van der Waals surface area contributed by atoms with E-state index in [1.54, 1.807) is 24.3 Å². The van der Waals surface area contributed by atoms with Gasteiger partial charge in [0.05, 0.1) is 17.7 Å². The van der Waals surface area contributed by atoms with Crippen molar-refractivity contribution in [1.29, 1.82) is 0 Å². The molecule has 1 N–H and O–H groups in total. The number of hydrogen-bond donors (Lipinski definition) is 1. The number of nitrogens with one attached hydrogen (secondary N) is 1. The fourth-order valence-corrected chi connectivity index (χ4v) is 1.19. The number of amides is 1. The molecule has 1 rings (SSSR count). The Labute approximate surface area is 92.2 Å². The fourth-order valence-electron chi connectivity index (χ4n) is 0.965. The van der Waals surface area contributed by atoms with Crippen molar-refractivity contribution in [1.82, 2.24) is 5.32 Å². The molecule has 1 aromatic rings. The third-order valence-electron chi connectivity index (χ3n) is 1.74.